The number of piperazine rings is 1. The minimum Gasteiger partial charge on any atom is -0.391 e. The molecule has 5 atom stereocenters. The van der Waals surface area contributed by atoms with Gasteiger partial charge in [0.1, 0.15) is 0 Å². The standard InChI is InChI=1S/C31H46ClN5O4/c1-4-19(28(40)35-27-20-9-18-10-21(27)14-31(12-18,13-20)29(34)41)11-25(38)23(33)15-36-16-26(39)37(17-30(36,2)3)24-8-6-5-7-22(24)32/h5-8,18-21,23,25,27,38H,4,9-17,33H2,1-3H3,(H2,34,41)(H,35,40)/t18?,19-,20?,21?,23+,25+,27?,31?/m1/s1. The Morgan fingerprint density at radius 1 is 1.17 bits per heavy atom. The minimum absolute atomic E-state index is 0.0480. The van der Waals surface area contributed by atoms with Crippen molar-refractivity contribution >= 4 is 35.0 Å². The maximum atomic E-state index is 13.4. The Hall–Kier alpha value is -2.20. The normalized spacial score (nSPS) is 32.9. The Morgan fingerprint density at radius 2 is 1.83 bits per heavy atom. The second-order valence-corrected chi connectivity index (χ2v) is 14.3. The number of amides is 3. The van der Waals surface area contributed by atoms with Crippen LogP contribution < -0.4 is 21.7 Å². The van der Waals surface area contributed by atoms with Crippen LogP contribution in [0.15, 0.2) is 24.3 Å². The van der Waals surface area contributed by atoms with Crippen LogP contribution in [0.2, 0.25) is 5.02 Å². The van der Waals surface area contributed by atoms with Crippen LogP contribution in [-0.4, -0.2) is 71.1 Å². The lowest BCUT2D eigenvalue weighted by Gasteiger charge is -2.59. The molecule has 5 aliphatic rings. The van der Waals surface area contributed by atoms with Gasteiger partial charge in [0, 0.05) is 42.0 Å². The number of para-hydroxylation sites is 1. The fourth-order valence-corrected chi connectivity index (χ4v) is 8.62. The highest BCUT2D eigenvalue weighted by Gasteiger charge is 2.58. The summed E-state index contributed by atoms with van der Waals surface area (Å²) in [6, 6.07) is 6.76. The number of nitrogens with zero attached hydrogens (tertiary/aromatic N) is 2. The molecule has 1 aliphatic heterocycles. The Labute approximate surface area is 248 Å². The largest absolute Gasteiger partial charge is 0.391 e. The fraction of sp³-hybridized carbons (Fsp3) is 0.710. The number of primary amides is 1. The Balaban J connectivity index is 1.17. The molecule has 1 aromatic carbocycles. The molecule has 6 N–H and O–H groups in total. The van der Waals surface area contributed by atoms with E-state index in [0.717, 1.165) is 32.1 Å². The summed E-state index contributed by atoms with van der Waals surface area (Å²) in [4.78, 5) is 42.6. The number of aliphatic hydroxyl groups excluding tert-OH is 1. The molecular weight excluding hydrogens is 542 g/mol. The van der Waals surface area contributed by atoms with Crippen LogP contribution in [0.25, 0.3) is 0 Å². The van der Waals surface area contributed by atoms with Crippen LogP contribution in [0, 0.1) is 29.1 Å². The van der Waals surface area contributed by atoms with Crippen molar-refractivity contribution in [1.82, 2.24) is 10.2 Å². The van der Waals surface area contributed by atoms with E-state index in [1.807, 2.05) is 30.0 Å². The molecule has 3 amide bonds. The highest BCUT2D eigenvalue weighted by molar-refractivity contribution is 6.33. The van der Waals surface area contributed by atoms with E-state index in [1.54, 1.807) is 11.0 Å². The van der Waals surface area contributed by atoms with Gasteiger partial charge in [-0.15, -0.1) is 0 Å². The first-order chi connectivity index (χ1) is 19.3. The molecule has 0 spiro atoms. The number of anilines is 1. The van der Waals surface area contributed by atoms with Crippen LogP contribution in [0.1, 0.15) is 65.7 Å². The van der Waals surface area contributed by atoms with Gasteiger partial charge in [-0.1, -0.05) is 30.7 Å². The fourth-order valence-electron chi connectivity index (χ4n) is 8.39. The second kappa shape index (κ2) is 11.5. The van der Waals surface area contributed by atoms with Crippen molar-refractivity contribution in [2.45, 2.75) is 89.4 Å². The number of rotatable bonds is 10. The average Bonchev–Trinajstić information content (AvgIpc) is 2.91. The number of carbonyl (C=O) groups excluding carboxylic acids is 3. The lowest BCUT2D eigenvalue weighted by molar-refractivity contribution is -0.148. The number of hydrogen-bond donors (Lipinski definition) is 4. The first kappa shape index (κ1) is 30.3. The monoisotopic (exact) mass is 587 g/mol. The lowest BCUT2D eigenvalue weighted by atomic mass is 9.47. The molecule has 9 nitrogen and oxygen atoms in total. The Morgan fingerprint density at radius 3 is 2.44 bits per heavy atom. The first-order valence-corrected chi connectivity index (χ1v) is 15.5. The van der Waals surface area contributed by atoms with E-state index >= 15 is 0 Å². The second-order valence-electron chi connectivity index (χ2n) is 13.8. The van der Waals surface area contributed by atoms with Gasteiger partial charge < -0.3 is 26.8 Å². The average molecular weight is 588 g/mol. The van der Waals surface area contributed by atoms with E-state index in [-0.39, 0.29) is 54.5 Å². The zero-order valence-corrected chi connectivity index (χ0v) is 25.3. The molecule has 1 saturated heterocycles. The van der Waals surface area contributed by atoms with Gasteiger partial charge in [-0.25, -0.2) is 0 Å². The van der Waals surface area contributed by atoms with Crippen LogP contribution >= 0.6 is 11.6 Å². The summed E-state index contributed by atoms with van der Waals surface area (Å²) >= 11 is 6.37. The summed E-state index contributed by atoms with van der Waals surface area (Å²) in [6.07, 6.45) is 4.47. The third-order valence-corrected chi connectivity index (χ3v) is 10.9. The van der Waals surface area contributed by atoms with Crippen LogP contribution in [-0.2, 0) is 14.4 Å². The van der Waals surface area contributed by atoms with Gasteiger partial charge in [0.25, 0.3) is 0 Å². The van der Waals surface area contributed by atoms with E-state index in [2.05, 4.69) is 19.2 Å². The van der Waals surface area contributed by atoms with Crippen molar-refractivity contribution < 1.29 is 19.5 Å². The minimum atomic E-state index is -0.894. The van der Waals surface area contributed by atoms with Crippen molar-refractivity contribution in [2.75, 3.05) is 24.5 Å². The summed E-state index contributed by atoms with van der Waals surface area (Å²) in [5, 5.41) is 15.0. The third-order valence-electron chi connectivity index (χ3n) is 10.6. The molecule has 226 valence electrons. The zero-order valence-electron chi connectivity index (χ0n) is 24.5. The van der Waals surface area contributed by atoms with Gasteiger partial charge in [0.2, 0.25) is 17.7 Å². The maximum Gasteiger partial charge on any atom is 0.241 e. The first-order valence-electron chi connectivity index (χ1n) is 15.2. The SMILES string of the molecule is CC[C@H](C[C@H](O)[C@@H](N)CN1CC(=O)N(c2ccccc2Cl)CC1(C)C)C(=O)NC1C2CC3CC1CC(C(N)=O)(C3)C2. The molecule has 1 aromatic rings. The van der Waals surface area contributed by atoms with E-state index in [4.69, 9.17) is 23.1 Å². The lowest BCUT2D eigenvalue weighted by Crippen LogP contribution is -2.64. The highest BCUT2D eigenvalue weighted by atomic mass is 35.5. The van der Waals surface area contributed by atoms with Gasteiger partial charge in [-0.3, -0.25) is 19.3 Å². The molecule has 4 bridgehead atoms. The van der Waals surface area contributed by atoms with Crippen molar-refractivity contribution in [1.29, 1.82) is 0 Å². The topological polar surface area (TPSA) is 142 Å². The summed E-state index contributed by atoms with van der Waals surface area (Å²) < 4.78 is 0. The molecular formula is C31H46ClN5O4. The van der Waals surface area contributed by atoms with Gasteiger partial charge >= 0.3 is 0 Å². The zero-order chi connectivity index (χ0) is 29.7. The number of nitrogens with one attached hydrogen (secondary N) is 1. The van der Waals surface area contributed by atoms with E-state index < -0.39 is 23.1 Å². The summed E-state index contributed by atoms with van der Waals surface area (Å²) in [7, 11) is 0. The molecule has 0 aromatic heterocycles. The van der Waals surface area contributed by atoms with Crippen molar-refractivity contribution in [3.63, 3.8) is 0 Å². The van der Waals surface area contributed by atoms with Gasteiger partial charge in [-0.2, -0.15) is 0 Å². The molecule has 0 radical (unpaired) electrons. The maximum absolute atomic E-state index is 13.4. The van der Waals surface area contributed by atoms with Crippen molar-refractivity contribution in [3.05, 3.63) is 29.3 Å². The van der Waals surface area contributed by atoms with Crippen LogP contribution in [0.3, 0.4) is 0 Å². The molecule has 41 heavy (non-hydrogen) atoms. The smallest absolute Gasteiger partial charge is 0.241 e. The predicted octanol–water partition coefficient (Wildman–Crippen LogP) is 2.67. The molecule has 5 fully saturated rings. The van der Waals surface area contributed by atoms with Crippen LogP contribution in [0.5, 0.6) is 0 Å². The molecule has 10 heteroatoms. The van der Waals surface area contributed by atoms with Gasteiger partial charge in [-0.05, 0) is 88.7 Å². The third kappa shape index (κ3) is 5.88. The van der Waals surface area contributed by atoms with E-state index in [9.17, 15) is 19.5 Å². The van der Waals surface area contributed by atoms with Crippen molar-refractivity contribution in [3.8, 4) is 0 Å². The van der Waals surface area contributed by atoms with Crippen LogP contribution in [0.4, 0.5) is 5.69 Å². The number of carbonyl (C=O) groups is 3. The molecule has 6 rings (SSSR count). The number of hydrogen-bond acceptors (Lipinski definition) is 6. The Bertz CT molecular complexity index is 1160. The van der Waals surface area contributed by atoms with Crippen molar-refractivity contribution in [2.24, 2.45) is 40.6 Å². The van der Waals surface area contributed by atoms with Gasteiger partial charge in [0.05, 0.1) is 23.4 Å². The molecule has 1 heterocycles. The number of aliphatic hydroxyl groups is 1. The quantitative estimate of drug-likeness (QED) is 0.331. The highest BCUT2D eigenvalue weighted by Crippen LogP contribution is 2.60. The molecule has 2 unspecified atom stereocenters. The number of halogens is 1. The van der Waals surface area contributed by atoms with E-state index in [0.29, 0.717) is 36.1 Å². The summed E-state index contributed by atoms with van der Waals surface area (Å²) in [5.41, 5.74) is 12.2. The molecule has 4 aliphatic carbocycles. The van der Waals surface area contributed by atoms with E-state index in [1.165, 1.54) is 0 Å². The number of nitrogens with two attached hydrogens (primary N) is 2. The summed E-state index contributed by atoms with van der Waals surface area (Å²) in [5.74, 6) is 0.424. The van der Waals surface area contributed by atoms with Gasteiger partial charge in [0.15, 0.2) is 0 Å². The predicted molar refractivity (Wildman–Crippen MR) is 159 cm³/mol. The number of benzene rings is 1. The summed E-state index contributed by atoms with van der Waals surface area (Å²) in [6.45, 7) is 7.00. The molecule has 4 saturated carbocycles. The Kier molecular flexibility index (Phi) is 8.47.